The number of ether oxygens (including phenoxy) is 1. The minimum atomic E-state index is -0.423. The Bertz CT molecular complexity index is 696. The molecule has 1 N–H and O–H groups in total. The van der Waals surface area contributed by atoms with E-state index in [2.05, 4.69) is 5.32 Å². The molecule has 0 unspecified atom stereocenters. The van der Waals surface area contributed by atoms with Gasteiger partial charge in [0.15, 0.2) is 12.4 Å². The van der Waals surface area contributed by atoms with E-state index in [-0.39, 0.29) is 12.4 Å². The molecule has 2 rings (SSSR count). The molecule has 6 heteroatoms. The van der Waals surface area contributed by atoms with E-state index in [0.29, 0.717) is 27.0 Å². The van der Waals surface area contributed by atoms with Crippen molar-refractivity contribution in [2.75, 3.05) is 11.9 Å². The van der Waals surface area contributed by atoms with Crippen molar-refractivity contribution in [1.29, 1.82) is 0 Å². The van der Waals surface area contributed by atoms with Gasteiger partial charge in [-0.15, -0.1) is 0 Å². The van der Waals surface area contributed by atoms with Gasteiger partial charge >= 0.3 is 0 Å². The van der Waals surface area contributed by atoms with E-state index < -0.39 is 5.91 Å². The minimum Gasteiger partial charge on any atom is -0.483 e. The maximum Gasteiger partial charge on any atom is 0.262 e. The summed E-state index contributed by atoms with van der Waals surface area (Å²) in [4.78, 5) is 23.4. The molecular weight excluding hydrogens is 325 g/mol. The number of nitrogens with one attached hydrogen (secondary N) is 1. The Balaban J connectivity index is 2.04. The van der Waals surface area contributed by atoms with Gasteiger partial charge in [-0.1, -0.05) is 41.4 Å². The topological polar surface area (TPSA) is 55.4 Å². The summed E-state index contributed by atoms with van der Waals surface area (Å²) in [5.74, 6) is -0.200. The summed E-state index contributed by atoms with van der Waals surface area (Å²) in [6.07, 6.45) is 0. The van der Waals surface area contributed by atoms with Crippen molar-refractivity contribution < 1.29 is 14.3 Å². The van der Waals surface area contributed by atoms with Crippen molar-refractivity contribution in [2.24, 2.45) is 0 Å². The molecule has 2 aromatic rings. The van der Waals surface area contributed by atoms with Crippen LogP contribution in [0.25, 0.3) is 0 Å². The highest BCUT2D eigenvalue weighted by Gasteiger charge is 2.12. The molecule has 22 heavy (non-hydrogen) atoms. The van der Waals surface area contributed by atoms with Crippen LogP contribution in [0.3, 0.4) is 0 Å². The average Bonchev–Trinajstić information content (AvgIpc) is 2.49. The molecule has 0 heterocycles. The van der Waals surface area contributed by atoms with Gasteiger partial charge in [-0.25, -0.2) is 0 Å². The Morgan fingerprint density at radius 1 is 1.05 bits per heavy atom. The molecule has 0 aliphatic carbocycles. The number of hydrogen-bond acceptors (Lipinski definition) is 3. The van der Waals surface area contributed by atoms with Gasteiger partial charge in [0.2, 0.25) is 0 Å². The third kappa shape index (κ3) is 4.00. The first-order valence-electron chi connectivity index (χ1n) is 6.45. The molecule has 0 aromatic heterocycles. The van der Waals surface area contributed by atoms with Crippen LogP contribution < -0.4 is 10.1 Å². The van der Waals surface area contributed by atoms with E-state index in [0.717, 1.165) is 0 Å². The van der Waals surface area contributed by atoms with E-state index in [9.17, 15) is 9.59 Å². The quantitative estimate of drug-likeness (QED) is 0.831. The Kier molecular flexibility index (Phi) is 5.41. The largest absolute Gasteiger partial charge is 0.483 e. The van der Waals surface area contributed by atoms with Crippen LogP contribution in [0, 0.1) is 0 Å². The standard InChI is InChI=1S/C16H13Cl2NO3/c1-10(20)11-5-2-3-8-14(11)22-9-15(21)19-16-12(17)6-4-7-13(16)18/h2-8H,9H2,1H3,(H,19,21). The van der Waals surface area contributed by atoms with Gasteiger partial charge in [0.05, 0.1) is 21.3 Å². The van der Waals surface area contributed by atoms with Gasteiger partial charge in [-0.05, 0) is 31.2 Å². The molecule has 0 aliphatic heterocycles. The summed E-state index contributed by atoms with van der Waals surface area (Å²) in [5, 5.41) is 3.26. The molecule has 4 nitrogen and oxygen atoms in total. The number of hydrogen-bond donors (Lipinski definition) is 1. The molecule has 2 aromatic carbocycles. The highest BCUT2D eigenvalue weighted by atomic mass is 35.5. The van der Waals surface area contributed by atoms with Crippen molar-refractivity contribution in [1.82, 2.24) is 0 Å². The summed E-state index contributed by atoms with van der Waals surface area (Å²) < 4.78 is 5.39. The van der Waals surface area contributed by atoms with Crippen molar-refractivity contribution >= 4 is 40.6 Å². The van der Waals surface area contributed by atoms with Gasteiger partial charge in [0.1, 0.15) is 5.75 Å². The van der Waals surface area contributed by atoms with Crippen LogP contribution in [0.4, 0.5) is 5.69 Å². The molecule has 0 spiro atoms. The fourth-order valence-electron chi connectivity index (χ4n) is 1.82. The summed E-state index contributed by atoms with van der Waals surface area (Å²) >= 11 is 11.9. The number of carbonyl (C=O) groups is 2. The first kappa shape index (κ1) is 16.3. The molecule has 0 atom stereocenters. The second-order valence-corrected chi connectivity index (χ2v) is 5.30. The Morgan fingerprint density at radius 2 is 1.68 bits per heavy atom. The maximum absolute atomic E-state index is 11.9. The number of anilines is 1. The van der Waals surface area contributed by atoms with Crippen LogP contribution >= 0.6 is 23.2 Å². The smallest absolute Gasteiger partial charge is 0.262 e. The van der Waals surface area contributed by atoms with E-state index in [1.807, 2.05) is 0 Å². The number of amides is 1. The normalized spacial score (nSPS) is 10.1. The number of carbonyl (C=O) groups excluding carboxylic acids is 2. The average molecular weight is 338 g/mol. The van der Waals surface area contributed by atoms with Gasteiger partial charge < -0.3 is 10.1 Å². The van der Waals surface area contributed by atoms with Gasteiger partial charge in [0.25, 0.3) is 5.91 Å². The second kappa shape index (κ2) is 7.29. The number of para-hydroxylation sites is 2. The monoisotopic (exact) mass is 337 g/mol. The van der Waals surface area contributed by atoms with Crippen molar-refractivity contribution in [2.45, 2.75) is 6.92 Å². The summed E-state index contributed by atoms with van der Waals surface area (Å²) in [6, 6.07) is 11.6. The lowest BCUT2D eigenvalue weighted by molar-refractivity contribution is -0.118. The number of ketones is 1. The lowest BCUT2D eigenvalue weighted by Gasteiger charge is -2.11. The zero-order valence-electron chi connectivity index (χ0n) is 11.7. The molecule has 0 saturated heterocycles. The number of halogens is 2. The lowest BCUT2D eigenvalue weighted by atomic mass is 10.1. The van der Waals surface area contributed by atoms with E-state index >= 15 is 0 Å². The van der Waals surface area contributed by atoms with Crippen molar-refractivity contribution in [3.05, 3.63) is 58.1 Å². The second-order valence-electron chi connectivity index (χ2n) is 4.49. The SMILES string of the molecule is CC(=O)c1ccccc1OCC(=O)Nc1c(Cl)cccc1Cl. The highest BCUT2D eigenvalue weighted by Crippen LogP contribution is 2.29. The number of benzene rings is 2. The third-order valence-corrected chi connectivity index (χ3v) is 3.48. The Hall–Kier alpha value is -2.04. The van der Waals surface area contributed by atoms with Gasteiger partial charge in [-0.2, -0.15) is 0 Å². The van der Waals surface area contributed by atoms with Crippen LogP contribution in [0.5, 0.6) is 5.75 Å². The summed E-state index contributed by atoms with van der Waals surface area (Å²) in [6.45, 7) is 1.18. The molecule has 0 bridgehead atoms. The lowest BCUT2D eigenvalue weighted by Crippen LogP contribution is -2.21. The first-order chi connectivity index (χ1) is 10.5. The first-order valence-corrected chi connectivity index (χ1v) is 7.21. The Labute approximate surface area is 138 Å². The van der Waals surface area contributed by atoms with E-state index in [4.69, 9.17) is 27.9 Å². The van der Waals surface area contributed by atoms with Crippen LogP contribution in [0.15, 0.2) is 42.5 Å². The summed E-state index contributed by atoms with van der Waals surface area (Å²) in [7, 11) is 0. The molecule has 114 valence electrons. The van der Waals surface area contributed by atoms with Crippen LogP contribution in [-0.2, 0) is 4.79 Å². The fraction of sp³-hybridized carbons (Fsp3) is 0.125. The number of rotatable bonds is 5. The van der Waals surface area contributed by atoms with E-state index in [1.165, 1.54) is 6.92 Å². The zero-order valence-corrected chi connectivity index (χ0v) is 13.2. The predicted octanol–water partition coefficient (Wildman–Crippen LogP) is 4.21. The third-order valence-electron chi connectivity index (χ3n) is 2.85. The minimum absolute atomic E-state index is 0.134. The van der Waals surface area contributed by atoms with Gasteiger partial charge in [-0.3, -0.25) is 9.59 Å². The Morgan fingerprint density at radius 3 is 2.32 bits per heavy atom. The molecule has 0 fully saturated rings. The zero-order chi connectivity index (χ0) is 16.1. The molecular formula is C16H13Cl2NO3. The highest BCUT2D eigenvalue weighted by molar-refractivity contribution is 6.39. The van der Waals surface area contributed by atoms with Crippen LogP contribution in [0.2, 0.25) is 10.0 Å². The molecule has 0 saturated carbocycles. The number of Topliss-reactive ketones (excluding diaryl/α,β-unsaturated/α-hetero) is 1. The van der Waals surface area contributed by atoms with Crippen LogP contribution in [-0.4, -0.2) is 18.3 Å². The van der Waals surface area contributed by atoms with Crippen molar-refractivity contribution in [3.63, 3.8) is 0 Å². The molecule has 0 radical (unpaired) electrons. The van der Waals surface area contributed by atoms with Crippen molar-refractivity contribution in [3.8, 4) is 5.75 Å². The molecule has 1 amide bonds. The van der Waals surface area contributed by atoms with Crippen LogP contribution in [0.1, 0.15) is 17.3 Å². The summed E-state index contributed by atoms with van der Waals surface area (Å²) in [5.41, 5.74) is 0.755. The molecule has 0 aliphatic rings. The maximum atomic E-state index is 11.9. The fourth-order valence-corrected chi connectivity index (χ4v) is 2.31. The van der Waals surface area contributed by atoms with E-state index in [1.54, 1.807) is 42.5 Å². The predicted molar refractivity (Wildman–Crippen MR) is 87.0 cm³/mol. The van der Waals surface area contributed by atoms with Gasteiger partial charge in [0, 0.05) is 0 Å².